The van der Waals surface area contributed by atoms with Gasteiger partial charge in [0.25, 0.3) is 0 Å². The quantitative estimate of drug-likeness (QED) is 0.530. The summed E-state index contributed by atoms with van der Waals surface area (Å²) in [6.07, 6.45) is 6.82. The predicted molar refractivity (Wildman–Crippen MR) is 86.9 cm³/mol. The second-order valence-corrected chi connectivity index (χ2v) is 6.07. The maximum absolute atomic E-state index is 12.3. The molecule has 1 unspecified atom stereocenters. The molecule has 0 bridgehead atoms. The third-order valence-electron chi connectivity index (χ3n) is 4.53. The van der Waals surface area contributed by atoms with Crippen molar-refractivity contribution in [3.8, 4) is 0 Å². The van der Waals surface area contributed by atoms with E-state index in [1.54, 1.807) is 7.11 Å². The standard InChI is InChI=1S/C17H30N2O3/c1-3-22-12-11-18-9-6-7-15(13-18)16-8-4-5-10-19(16)17(20)14-21-2/h7,16H,3-6,8-14H2,1-2H3. The lowest BCUT2D eigenvalue weighted by Crippen LogP contribution is -2.49. The van der Waals surface area contributed by atoms with Gasteiger partial charge in [0.1, 0.15) is 6.61 Å². The Morgan fingerprint density at radius 1 is 1.36 bits per heavy atom. The molecule has 0 aromatic heterocycles. The smallest absolute Gasteiger partial charge is 0.249 e. The van der Waals surface area contributed by atoms with Gasteiger partial charge in [0.15, 0.2) is 0 Å². The van der Waals surface area contributed by atoms with E-state index in [0.717, 1.165) is 58.7 Å². The number of nitrogens with zero attached hydrogens (tertiary/aromatic N) is 2. The van der Waals surface area contributed by atoms with Crippen LogP contribution >= 0.6 is 0 Å². The maximum atomic E-state index is 12.3. The number of ether oxygens (including phenoxy) is 2. The number of methoxy groups -OCH3 is 1. The molecule has 2 aliphatic heterocycles. The highest BCUT2D eigenvalue weighted by Gasteiger charge is 2.30. The summed E-state index contributed by atoms with van der Waals surface area (Å²) in [4.78, 5) is 16.8. The molecule has 2 rings (SSSR count). The molecule has 5 nitrogen and oxygen atoms in total. The van der Waals surface area contributed by atoms with Crippen LogP contribution in [0, 0.1) is 0 Å². The number of piperidine rings is 1. The molecule has 0 spiro atoms. The molecule has 2 heterocycles. The van der Waals surface area contributed by atoms with Crippen LogP contribution < -0.4 is 0 Å². The summed E-state index contributed by atoms with van der Waals surface area (Å²) >= 11 is 0. The van der Waals surface area contributed by atoms with Crippen LogP contribution in [-0.2, 0) is 14.3 Å². The average molecular weight is 310 g/mol. The number of hydrogen-bond donors (Lipinski definition) is 0. The van der Waals surface area contributed by atoms with Crippen LogP contribution in [0.1, 0.15) is 32.6 Å². The fraction of sp³-hybridized carbons (Fsp3) is 0.824. The van der Waals surface area contributed by atoms with E-state index in [1.807, 2.05) is 11.8 Å². The number of carbonyl (C=O) groups excluding carboxylic acids is 1. The third kappa shape index (κ3) is 4.80. The molecule has 1 saturated heterocycles. The summed E-state index contributed by atoms with van der Waals surface area (Å²) in [6, 6.07) is 0.270. The summed E-state index contributed by atoms with van der Waals surface area (Å²) in [5.41, 5.74) is 1.41. The van der Waals surface area contributed by atoms with Crippen molar-refractivity contribution < 1.29 is 14.3 Å². The van der Waals surface area contributed by atoms with E-state index in [4.69, 9.17) is 9.47 Å². The summed E-state index contributed by atoms with van der Waals surface area (Å²) in [5.74, 6) is 0.125. The third-order valence-corrected chi connectivity index (χ3v) is 4.53. The Bertz CT molecular complexity index is 384. The van der Waals surface area contributed by atoms with Gasteiger partial charge in [0.2, 0.25) is 5.91 Å². The van der Waals surface area contributed by atoms with Gasteiger partial charge >= 0.3 is 0 Å². The van der Waals surface area contributed by atoms with Gasteiger partial charge in [0.05, 0.1) is 12.6 Å². The van der Waals surface area contributed by atoms with E-state index in [9.17, 15) is 4.79 Å². The van der Waals surface area contributed by atoms with Crippen LogP contribution in [0.5, 0.6) is 0 Å². The Labute approximate surface area is 134 Å². The van der Waals surface area contributed by atoms with Gasteiger partial charge in [-0.1, -0.05) is 6.08 Å². The van der Waals surface area contributed by atoms with Gasteiger partial charge in [-0.3, -0.25) is 9.69 Å². The van der Waals surface area contributed by atoms with Crippen LogP contribution in [-0.4, -0.2) is 74.9 Å². The lowest BCUT2D eigenvalue weighted by Gasteiger charge is -2.40. The van der Waals surface area contributed by atoms with Gasteiger partial charge in [-0.25, -0.2) is 0 Å². The zero-order valence-corrected chi connectivity index (χ0v) is 14.1. The molecule has 126 valence electrons. The average Bonchev–Trinajstić information content (AvgIpc) is 2.56. The van der Waals surface area contributed by atoms with E-state index < -0.39 is 0 Å². The lowest BCUT2D eigenvalue weighted by molar-refractivity contribution is -0.138. The van der Waals surface area contributed by atoms with Crippen molar-refractivity contribution in [1.82, 2.24) is 9.80 Å². The van der Waals surface area contributed by atoms with E-state index in [-0.39, 0.29) is 18.6 Å². The molecular formula is C17H30N2O3. The first-order valence-electron chi connectivity index (χ1n) is 8.53. The summed E-state index contributed by atoms with van der Waals surface area (Å²) < 4.78 is 10.5. The Hall–Kier alpha value is -0.910. The SMILES string of the molecule is CCOCCN1CCC=C(C2CCCCN2C(=O)COC)C1. The van der Waals surface area contributed by atoms with E-state index in [0.29, 0.717) is 0 Å². The first-order chi connectivity index (χ1) is 10.8. The summed E-state index contributed by atoms with van der Waals surface area (Å²) in [7, 11) is 1.59. The highest BCUT2D eigenvalue weighted by atomic mass is 16.5. The van der Waals surface area contributed by atoms with Crippen molar-refractivity contribution >= 4 is 5.91 Å². The fourth-order valence-electron chi connectivity index (χ4n) is 3.43. The van der Waals surface area contributed by atoms with Gasteiger partial charge < -0.3 is 14.4 Å². The van der Waals surface area contributed by atoms with Crippen molar-refractivity contribution in [3.63, 3.8) is 0 Å². The van der Waals surface area contributed by atoms with Crippen LogP contribution in [0.15, 0.2) is 11.6 Å². The van der Waals surface area contributed by atoms with Crippen molar-refractivity contribution in [1.29, 1.82) is 0 Å². The van der Waals surface area contributed by atoms with Gasteiger partial charge in [-0.15, -0.1) is 0 Å². The topological polar surface area (TPSA) is 42.0 Å². The molecule has 1 fully saturated rings. The number of likely N-dealkylation sites (tertiary alicyclic amines) is 1. The first-order valence-corrected chi connectivity index (χ1v) is 8.53. The molecule has 0 aromatic rings. The van der Waals surface area contributed by atoms with E-state index in [1.165, 1.54) is 12.0 Å². The summed E-state index contributed by atoms with van der Waals surface area (Å²) in [6.45, 7) is 7.69. The Morgan fingerprint density at radius 2 is 2.23 bits per heavy atom. The molecule has 1 amide bonds. The molecule has 0 saturated carbocycles. The number of amides is 1. The minimum Gasteiger partial charge on any atom is -0.380 e. The molecule has 0 N–H and O–H groups in total. The van der Waals surface area contributed by atoms with Crippen molar-refractivity contribution in [3.05, 3.63) is 11.6 Å². The van der Waals surface area contributed by atoms with Crippen molar-refractivity contribution in [2.45, 2.75) is 38.6 Å². The highest BCUT2D eigenvalue weighted by molar-refractivity contribution is 5.78. The Balaban J connectivity index is 1.95. The Morgan fingerprint density at radius 3 is 3.00 bits per heavy atom. The minimum atomic E-state index is 0.125. The molecule has 0 radical (unpaired) electrons. The van der Waals surface area contributed by atoms with E-state index >= 15 is 0 Å². The zero-order chi connectivity index (χ0) is 15.8. The molecule has 5 heteroatoms. The van der Waals surface area contributed by atoms with Crippen molar-refractivity contribution in [2.75, 3.05) is 53.1 Å². The number of hydrogen-bond acceptors (Lipinski definition) is 4. The van der Waals surface area contributed by atoms with Crippen LogP contribution in [0.2, 0.25) is 0 Å². The predicted octanol–water partition coefficient (Wildman–Crippen LogP) is 1.68. The molecule has 1 atom stereocenters. The minimum absolute atomic E-state index is 0.125. The largest absolute Gasteiger partial charge is 0.380 e. The lowest BCUT2D eigenvalue weighted by atomic mass is 9.92. The molecular weight excluding hydrogens is 280 g/mol. The molecule has 2 aliphatic rings. The van der Waals surface area contributed by atoms with Crippen molar-refractivity contribution in [2.24, 2.45) is 0 Å². The van der Waals surface area contributed by atoms with Gasteiger partial charge in [0, 0.05) is 39.9 Å². The number of rotatable bonds is 7. The molecule has 0 aromatic carbocycles. The van der Waals surface area contributed by atoms with Gasteiger partial charge in [-0.2, -0.15) is 0 Å². The van der Waals surface area contributed by atoms with Crippen LogP contribution in [0.25, 0.3) is 0 Å². The second kappa shape index (κ2) is 9.28. The highest BCUT2D eigenvalue weighted by Crippen LogP contribution is 2.26. The molecule has 0 aliphatic carbocycles. The number of carbonyl (C=O) groups is 1. The monoisotopic (exact) mass is 310 g/mol. The normalized spacial score (nSPS) is 23.5. The van der Waals surface area contributed by atoms with Crippen LogP contribution in [0.4, 0.5) is 0 Å². The van der Waals surface area contributed by atoms with E-state index in [2.05, 4.69) is 11.0 Å². The first kappa shape index (κ1) is 17.4. The maximum Gasteiger partial charge on any atom is 0.249 e. The molecule has 22 heavy (non-hydrogen) atoms. The summed E-state index contributed by atoms with van der Waals surface area (Å²) in [5, 5.41) is 0. The fourth-order valence-corrected chi connectivity index (χ4v) is 3.43. The van der Waals surface area contributed by atoms with Gasteiger partial charge in [-0.05, 0) is 38.2 Å². The zero-order valence-electron chi connectivity index (χ0n) is 14.1. The Kier molecular flexibility index (Phi) is 7.36. The second-order valence-electron chi connectivity index (χ2n) is 6.07. The van der Waals surface area contributed by atoms with Crippen LogP contribution in [0.3, 0.4) is 0 Å².